The van der Waals surface area contributed by atoms with E-state index in [4.69, 9.17) is 5.73 Å². The van der Waals surface area contributed by atoms with Crippen molar-refractivity contribution >= 4 is 32.3 Å². The van der Waals surface area contributed by atoms with Gasteiger partial charge in [0, 0.05) is 19.6 Å². The van der Waals surface area contributed by atoms with Crippen LogP contribution in [-0.2, 0) is 0 Å². The van der Waals surface area contributed by atoms with E-state index in [0.29, 0.717) is 0 Å². The summed E-state index contributed by atoms with van der Waals surface area (Å²) < 4.78 is 1.18. The number of nitrogens with zero attached hydrogens (tertiary/aromatic N) is 1. The maximum atomic E-state index is 5.69. The second-order valence-corrected chi connectivity index (χ2v) is 5.71. The molecule has 4 heteroatoms. The number of hydrogen-bond acceptors (Lipinski definition) is 3. The number of nitrogens with two attached hydrogens (primary N) is 1. The highest BCUT2D eigenvalue weighted by atomic mass is 79.9. The van der Waals surface area contributed by atoms with Crippen molar-refractivity contribution in [2.45, 2.75) is 19.4 Å². The SMILES string of the molecule is CC(N)CCN(C)c1ccc(Br)s1. The van der Waals surface area contributed by atoms with Gasteiger partial charge in [0.05, 0.1) is 8.79 Å². The molecule has 0 bridgehead atoms. The Balaban J connectivity index is 2.44. The predicted molar refractivity (Wildman–Crippen MR) is 63.6 cm³/mol. The predicted octanol–water partition coefficient (Wildman–Crippen LogP) is 2.68. The molecule has 1 heterocycles. The van der Waals surface area contributed by atoms with Gasteiger partial charge in [0.15, 0.2) is 0 Å². The zero-order valence-electron chi connectivity index (χ0n) is 7.96. The molecule has 2 N–H and O–H groups in total. The van der Waals surface area contributed by atoms with Gasteiger partial charge >= 0.3 is 0 Å². The van der Waals surface area contributed by atoms with E-state index in [9.17, 15) is 0 Å². The Morgan fingerprint density at radius 2 is 2.31 bits per heavy atom. The van der Waals surface area contributed by atoms with Crippen LogP contribution in [0.3, 0.4) is 0 Å². The van der Waals surface area contributed by atoms with Crippen LogP contribution in [0.25, 0.3) is 0 Å². The molecule has 1 rings (SSSR count). The molecule has 1 atom stereocenters. The molecular formula is C9H15BrN2S. The quantitative estimate of drug-likeness (QED) is 0.905. The van der Waals surface area contributed by atoms with Crippen molar-refractivity contribution in [3.8, 4) is 0 Å². The van der Waals surface area contributed by atoms with Gasteiger partial charge in [0.25, 0.3) is 0 Å². The van der Waals surface area contributed by atoms with E-state index in [1.165, 1.54) is 8.79 Å². The van der Waals surface area contributed by atoms with E-state index in [-0.39, 0.29) is 6.04 Å². The molecule has 0 saturated carbocycles. The summed E-state index contributed by atoms with van der Waals surface area (Å²) in [6, 6.07) is 4.48. The first kappa shape index (κ1) is 11.0. The van der Waals surface area contributed by atoms with Gasteiger partial charge in [-0.1, -0.05) is 0 Å². The molecule has 1 unspecified atom stereocenters. The van der Waals surface area contributed by atoms with Gasteiger partial charge < -0.3 is 10.6 Å². The van der Waals surface area contributed by atoms with Crippen LogP contribution >= 0.6 is 27.3 Å². The van der Waals surface area contributed by atoms with Gasteiger partial charge in [-0.3, -0.25) is 0 Å². The van der Waals surface area contributed by atoms with Crippen LogP contribution in [0.15, 0.2) is 15.9 Å². The first-order valence-corrected chi connectivity index (χ1v) is 5.92. The molecule has 0 aliphatic carbocycles. The van der Waals surface area contributed by atoms with E-state index >= 15 is 0 Å². The summed E-state index contributed by atoms with van der Waals surface area (Å²) in [5.41, 5.74) is 5.69. The summed E-state index contributed by atoms with van der Waals surface area (Å²) in [5.74, 6) is 0. The van der Waals surface area contributed by atoms with Gasteiger partial charge in [-0.15, -0.1) is 11.3 Å². The van der Waals surface area contributed by atoms with Crippen LogP contribution in [0.5, 0.6) is 0 Å². The highest BCUT2D eigenvalue weighted by Gasteiger charge is 2.04. The van der Waals surface area contributed by atoms with E-state index in [0.717, 1.165) is 13.0 Å². The smallest absolute Gasteiger partial charge is 0.0917 e. The molecule has 0 spiro atoms. The Hall–Kier alpha value is -0.0600. The lowest BCUT2D eigenvalue weighted by molar-refractivity contribution is 0.660. The van der Waals surface area contributed by atoms with Crippen molar-refractivity contribution in [2.75, 3.05) is 18.5 Å². The Labute approximate surface area is 91.9 Å². The van der Waals surface area contributed by atoms with Crippen LogP contribution in [-0.4, -0.2) is 19.6 Å². The van der Waals surface area contributed by atoms with Crippen LogP contribution < -0.4 is 10.6 Å². The molecule has 0 aliphatic rings. The molecule has 0 amide bonds. The lowest BCUT2D eigenvalue weighted by Gasteiger charge is -2.17. The second-order valence-electron chi connectivity index (χ2n) is 3.27. The lowest BCUT2D eigenvalue weighted by atomic mass is 10.2. The first-order chi connectivity index (χ1) is 6.09. The largest absolute Gasteiger partial charge is 0.366 e. The minimum Gasteiger partial charge on any atom is -0.366 e. The Kier molecular flexibility index (Phi) is 4.22. The Morgan fingerprint density at radius 3 is 2.77 bits per heavy atom. The summed E-state index contributed by atoms with van der Waals surface area (Å²) in [6.07, 6.45) is 1.03. The van der Waals surface area contributed by atoms with Gasteiger partial charge in [-0.25, -0.2) is 0 Å². The molecular weight excluding hydrogens is 248 g/mol. The molecule has 13 heavy (non-hydrogen) atoms. The number of halogens is 1. The molecule has 0 saturated heterocycles. The fourth-order valence-corrected chi connectivity index (χ4v) is 2.37. The molecule has 2 nitrogen and oxygen atoms in total. The molecule has 1 aromatic heterocycles. The van der Waals surface area contributed by atoms with Crippen molar-refractivity contribution < 1.29 is 0 Å². The molecule has 0 aromatic carbocycles. The van der Waals surface area contributed by atoms with Gasteiger partial charge in [-0.05, 0) is 41.4 Å². The average Bonchev–Trinajstić information content (AvgIpc) is 2.47. The Morgan fingerprint density at radius 1 is 1.62 bits per heavy atom. The fraction of sp³-hybridized carbons (Fsp3) is 0.556. The van der Waals surface area contributed by atoms with Crippen LogP contribution in [0.4, 0.5) is 5.00 Å². The van der Waals surface area contributed by atoms with Gasteiger partial charge in [0.2, 0.25) is 0 Å². The minimum absolute atomic E-state index is 0.283. The normalized spacial score (nSPS) is 12.9. The number of hydrogen-bond donors (Lipinski definition) is 1. The van der Waals surface area contributed by atoms with Crippen LogP contribution in [0.2, 0.25) is 0 Å². The fourth-order valence-electron chi connectivity index (χ4n) is 1.02. The average molecular weight is 263 g/mol. The third-order valence-corrected chi connectivity index (χ3v) is 3.59. The van der Waals surface area contributed by atoms with E-state index in [1.807, 2.05) is 6.92 Å². The summed E-state index contributed by atoms with van der Waals surface area (Å²) in [4.78, 5) is 2.23. The second kappa shape index (κ2) is 4.98. The maximum absolute atomic E-state index is 5.69. The highest BCUT2D eigenvalue weighted by molar-refractivity contribution is 9.11. The Bertz CT molecular complexity index is 260. The van der Waals surface area contributed by atoms with Gasteiger partial charge in [0.1, 0.15) is 0 Å². The van der Waals surface area contributed by atoms with Crippen molar-refractivity contribution in [2.24, 2.45) is 5.73 Å². The number of thiophene rings is 1. The molecule has 74 valence electrons. The lowest BCUT2D eigenvalue weighted by Crippen LogP contribution is -2.25. The van der Waals surface area contributed by atoms with Crippen LogP contribution in [0, 0.1) is 0 Å². The molecule has 0 aliphatic heterocycles. The van der Waals surface area contributed by atoms with Crippen molar-refractivity contribution in [3.05, 3.63) is 15.9 Å². The summed E-state index contributed by atoms with van der Waals surface area (Å²) in [6.45, 7) is 3.06. The summed E-state index contributed by atoms with van der Waals surface area (Å²) in [7, 11) is 2.10. The minimum atomic E-state index is 0.283. The molecule has 0 fully saturated rings. The molecule has 0 radical (unpaired) electrons. The van der Waals surface area contributed by atoms with Crippen molar-refractivity contribution in [1.82, 2.24) is 0 Å². The summed E-state index contributed by atoms with van der Waals surface area (Å²) in [5, 5.41) is 1.28. The monoisotopic (exact) mass is 262 g/mol. The van der Waals surface area contributed by atoms with Crippen molar-refractivity contribution in [3.63, 3.8) is 0 Å². The van der Waals surface area contributed by atoms with Crippen LogP contribution in [0.1, 0.15) is 13.3 Å². The first-order valence-electron chi connectivity index (χ1n) is 4.31. The zero-order chi connectivity index (χ0) is 9.84. The molecule has 1 aromatic rings. The van der Waals surface area contributed by atoms with E-state index < -0.39 is 0 Å². The maximum Gasteiger partial charge on any atom is 0.0917 e. The van der Waals surface area contributed by atoms with Gasteiger partial charge in [-0.2, -0.15) is 0 Å². The topological polar surface area (TPSA) is 29.3 Å². The van der Waals surface area contributed by atoms with E-state index in [1.54, 1.807) is 11.3 Å². The standard InChI is InChI=1S/C9H15BrN2S/c1-7(11)5-6-12(2)9-4-3-8(10)13-9/h3-4,7H,5-6,11H2,1-2H3. The summed E-state index contributed by atoms with van der Waals surface area (Å²) >= 11 is 5.20. The number of anilines is 1. The third kappa shape index (κ3) is 3.67. The van der Waals surface area contributed by atoms with E-state index in [2.05, 4.69) is 40.0 Å². The third-order valence-electron chi connectivity index (χ3n) is 1.86. The highest BCUT2D eigenvalue weighted by Crippen LogP contribution is 2.29. The van der Waals surface area contributed by atoms with Crippen molar-refractivity contribution in [1.29, 1.82) is 0 Å². The zero-order valence-corrected chi connectivity index (χ0v) is 10.4. The number of rotatable bonds is 4.